The first-order valence-corrected chi connectivity index (χ1v) is 9.24. The molecule has 0 aromatic heterocycles. The monoisotopic (exact) mass is 395 g/mol. The number of amides is 2. The highest BCUT2D eigenvalue weighted by atomic mass is 35.5. The summed E-state index contributed by atoms with van der Waals surface area (Å²) in [6.45, 7) is 2.69. The zero-order chi connectivity index (χ0) is 18.5. The third kappa shape index (κ3) is 5.34. The molecule has 2 N–H and O–H groups in total. The molecule has 2 aromatic rings. The third-order valence-corrected chi connectivity index (χ3v) is 4.99. The molecule has 0 atom stereocenters. The van der Waals surface area contributed by atoms with Crippen molar-refractivity contribution in [2.75, 3.05) is 18.4 Å². The van der Waals surface area contributed by atoms with Gasteiger partial charge in [-0.2, -0.15) is 0 Å². The largest absolute Gasteiger partial charge is 0.335 e. The fraction of sp³-hybridized carbons (Fsp3) is 0.316. The average molecular weight is 396 g/mol. The molecule has 1 aliphatic heterocycles. The number of urea groups is 1. The van der Waals surface area contributed by atoms with Crippen molar-refractivity contribution < 1.29 is 9.18 Å². The summed E-state index contributed by atoms with van der Waals surface area (Å²) in [5, 5.41) is 6.54. The maximum atomic E-state index is 13.0. The second-order valence-corrected chi connectivity index (χ2v) is 7.24. The van der Waals surface area contributed by atoms with E-state index >= 15 is 0 Å². The maximum Gasteiger partial charge on any atom is 0.319 e. The van der Waals surface area contributed by atoms with Gasteiger partial charge in [0, 0.05) is 30.7 Å². The van der Waals surface area contributed by atoms with Crippen molar-refractivity contribution in [3.05, 3.63) is 63.9 Å². The summed E-state index contributed by atoms with van der Waals surface area (Å²) in [7, 11) is 0. The van der Waals surface area contributed by atoms with E-state index in [1.54, 1.807) is 0 Å². The van der Waals surface area contributed by atoms with Crippen molar-refractivity contribution in [1.29, 1.82) is 0 Å². The number of anilines is 1. The van der Waals surface area contributed by atoms with E-state index in [-0.39, 0.29) is 17.1 Å². The molecule has 7 heteroatoms. The molecule has 0 aliphatic carbocycles. The molecule has 2 amide bonds. The van der Waals surface area contributed by atoms with Gasteiger partial charge in [0.1, 0.15) is 5.82 Å². The predicted octanol–water partition coefficient (Wildman–Crippen LogP) is 4.92. The lowest BCUT2D eigenvalue weighted by atomic mass is 10.0. The molecular formula is C19H20Cl2FN3O. The van der Waals surface area contributed by atoms with Crippen LogP contribution in [0, 0.1) is 5.82 Å². The number of hydrogen-bond donors (Lipinski definition) is 2. The van der Waals surface area contributed by atoms with Crippen LogP contribution in [-0.2, 0) is 6.54 Å². The maximum absolute atomic E-state index is 13.0. The van der Waals surface area contributed by atoms with Crippen LogP contribution in [0.2, 0.25) is 10.0 Å². The van der Waals surface area contributed by atoms with Gasteiger partial charge < -0.3 is 10.6 Å². The third-order valence-electron chi connectivity index (χ3n) is 4.42. The number of hydrogen-bond acceptors (Lipinski definition) is 2. The Morgan fingerprint density at radius 3 is 2.46 bits per heavy atom. The van der Waals surface area contributed by atoms with Crippen LogP contribution in [0.5, 0.6) is 0 Å². The van der Waals surface area contributed by atoms with E-state index in [0.29, 0.717) is 5.69 Å². The standard InChI is InChI=1S/C19H20Cl2FN3O/c20-14-3-1-13(2-4-14)12-25-9-7-16(8-10-25)23-19(26)24-18-6-5-15(22)11-17(18)21/h1-6,11,16H,7-10,12H2,(H2,23,24,26). The lowest BCUT2D eigenvalue weighted by Crippen LogP contribution is -2.45. The van der Waals surface area contributed by atoms with E-state index in [9.17, 15) is 9.18 Å². The summed E-state index contributed by atoms with van der Waals surface area (Å²) in [6.07, 6.45) is 1.75. The number of nitrogens with zero attached hydrogens (tertiary/aromatic N) is 1. The van der Waals surface area contributed by atoms with E-state index in [0.717, 1.165) is 37.5 Å². The normalized spacial score (nSPS) is 15.7. The number of nitrogens with one attached hydrogen (secondary N) is 2. The van der Waals surface area contributed by atoms with E-state index in [2.05, 4.69) is 15.5 Å². The molecule has 0 saturated carbocycles. The highest BCUT2D eigenvalue weighted by Gasteiger charge is 2.21. The van der Waals surface area contributed by atoms with Crippen LogP contribution < -0.4 is 10.6 Å². The Kier molecular flexibility index (Phi) is 6.35. The molecule has 3 rings (SSSR count). The summed E-state index contributed by atoms with van der Waals surface area (Å²) in [5.41, 5.74) is 1.62. The molecule has 2 aromatic carbocycles. The minimum atomic E-state index is -0.436. The molecule has 1 aliphatic rings. The molecule has 0 radical (unpaired) electrons. The Bertz CT molecular complexity index is 762. The van der Waals surface area contributed by atoms with Gasteiger partial charge in [-0.3, -0.25) is 4.90 Å². The Balaban J connectivity index is 1.44. The van der Waals surface area contributed by atoms with Crippen molar-refractivity contribution in [2.45, 2.75) is 25.4 Å². The second kappa shape index (κ2) is 8.71. The van der Waals surface area contributed by atoms with Crippen molar-refractivity contribution in [3.8, 4) is 0 Å². The number of carbonyl (C=O) groups excluding carboxylic acids is 1. The molecule has 26 heavy (non-hydrogen) atoms. The minimum Gasteiger partial charge on any atom is -0.335 e. The summed E-state index contributed by atoms with van der Waals surface area (Å²) in [6, 6.07) is 11.5. The first-order chi connectivity index (χ1) is 12.5. The average Bonchev–Trinajstić information content (AvgIpc) is 2.61. The first-order valence-electron chi connectivity index (χ1n) is 8.49. The number of piperidine rings is 1. The van der Waals surface area contributed by atoms with Crippen LogP contribution in [0.3, 0.4) is 0 Å². The second-order valence-electron chi connectivity index (χ2n) is 6.40. The van der Waals surface area contributed by atoms with Gasteiger partial charge >= 0.3 is 6.03 Å². The van der Waals surface area contributed by atoms with Crippen LogP contribution in [0.1, 0.15) is 18.4 Å². The quantitative estimate of drug-likeness (QED) is 0.771. The summed E-state index contributed by atoms with van der Waals surface area (Å²) < 4.78 is 13.0. The predicted molar refractivity (Wildman–Crippen MR) is 103 cm³/mol. The lowest BCUT2D eigenvalue weighted by Gasteiger charge is -2.32. The van der Waals surface area contributed by atoms with Crippen LogP contribution >= 0.6 is 23.2 Å². The van der Waals surface area contributed by atoms with Crippen molar-refractivity contribution >= 4 is 34.9 Å². The van der Waals surface area contributed by atoms with E-state index in [4.69, 9.17) is 23.2 Å². The van der Waals surface area contributed by atoms with Gasteiger partial charge in [0.15, 0.2) is 0 Å². The van der Waals surface area contributed by atoms with Crippen LogP contribution in [0.4, 0.5) is 14.9 Å². The Morgan fingerprint density at radius 1 is 1.12 bits per heavy atom. The van der Waals surface area contributed by atoms with Gasteiger partial charge in [0.25, 0.3) is 0 Å². The fourth-order valence-corrected chi connectivity index (χ4v) is 3.36. The molecule has 138 valence electrons. The highest BCUT2D eigenvalue weighted by Crippen LogP contribution is 2.22. The van der Waals surface area contributed by atoms with Crippen LogP contribution in [0.15, 0.2) is 42.5 Å². The van der Waals surface area contributed by atoms with Crippen molar-refractivity contribution in [3.63, 3.8) is 0 Å². The zero-order valence-corrected chi connectivity index (χ0v) is 15.7. The van der Waals surface area contributed by atoms with Crippen molar-refractivity contribution in [1.82, 2.24) is 10.2 Å². The highest BCUT2D eigenvalue weighted by molar-refractivity contribution is 6.33. The van der Waals surface area contributed by atoms with E-state index in [1.807, 2.05) is 24.3 Å². The summed E-state index contributed by atoms with van der Waals surface area (Å²) >= 11 is 11.8. The van der Waals surface area contributed by atoms with E-state index < -0.39 is 5.82 Å². The summed E-state index contributed by atoms with van der Waals surface area (Å²) in [4.78, 5) is 14.5. The number of carbonyl (C=O) groups is 1. The fourth-order valence-electron chi connectivity index (χ4n) is 3.02. The zero-order valence-electron chi connectivity index (χ0n) is 14.1. The van der Waals surface area contributed by atoms with Gasteiger partial charge in [-0.25, -0.2) is 9.18 Å². The minimum absolute atomic E-state index is 0.107. The van der Waals surface area contributed by atoms with Gasteiger partial charge in [-0.15, -0.1) is 0 Å². The van der Waals surface area contributed by atoms with Gasteiger partial charge in [0.2, 0.25) is 0 Å². The molecule has 1 fully saturated rings. The first kappa shape index (κ1) is 19.0. The number of rotatable bonds is 4. The van der Waals surface area contributed by atoms with Crippen LogP contribution in [0.25, 0.3) is 0 Å². The Labute approximate surface area is 162 Å². The summed E-state index contributed by atoms with van der Waals surface area (Å²) in [5.74, 6) is -0.436. The molecular weight excluding hydrogens is 376 g/mol. The van der Waals surface area contributed by atoms with Crippen LogP contribution in [-0.4, -0.2) is 30.1 Å². The molecule has 0 bridgehead atoms. The molecule has 4 nitrogen and oxygen atoms in total. The number of halogens is 3. The van der Waals surface area contributed by atoms with Gasteiger partial charge in [-0.05, 0) is 48.7 Å². The molecule has 1 heterocycles. The molecule has 0 unspecified atom stereocenters. The Morgan fingerprint density at radius 2 is 1.81 bits per heavy atom. The SMILES string of the molecule is O=C(Nc1ccc(F)cc1Cl)NC1CCN(Cc2ccc(Cl)cc2)CC1. The lowest BCUT2D eigenvalue weighted by molar-refractivity contribution is 0.190. The molecule has 0 spiro atoms. The van der Waals surface area contributed by atoms with E-state index in [1.165, 1.54) is 23.8 Å². The number of benzene rings is 2. The van der Waals surface area contributed by atoms with Crippen molar-refractivity contribution in [2.24, 2.45) is 0 Å². The number of likely N-dealkylation sites (tertiary alicyclic amines) is 1. The topological polar surface area (TPSA) is 44.4 Å². The molecule has 1 saturated heterocycles. The Hall–Kier alpha value is -1.82. The van der Waals surface area contributed by atoms with Gasteiger partial charge in [-0.1, -0.05) is 35.3 Å². The smallest absolute Gasteiger partial charge is 0.319 e. The van der Waals surface area contributed by atoms with Gasteiger partial charge in [0.05, 0.1) is 10.7 Å².